The molecule has 3 rings (SSSR count). The fraction of sp³-hybridized carbons (Fsp3) is 0.154. The smallest absolute Gasteiger partial charge is 0.194 e. The van der Waals surface area contributed by atoms with Gasteiger partial charge in [0.1, 0.15) is 0 Å². The summed E-state index contributed by atoms with van der Waals surface area (Å²) in [6, 6.07) is 10.5. The maximum atomic E-state index is 4.58. The van der Waals surface area contributed by atoms with Crippen LogP contribution < -0.4 is 0 Å². The summed E-state index contributed by atoms with van der Waals surface area (Å²) < 4.78 is 2.15. The largest absolute Gasteiger partial charge is 0.293 e. The number of benzene rings is 1. The van der Waals surface area contributed by atoms with Crippen LogP contribution in [0.2, 0.25) is 0 Å². The third kappa shape index (κ3) is 1.36. The molecule has 0 unspecified atom stereocenters. The molecule has 2 nitrogen and oxygen atoms in total. The van der Waals surface area contributed by atoms with E-state index in [-0.39, 0.29) is 0 Å². The second kappa shape index (κ2) is 3.46. The Balaban J connectivity index is 2.26. The van der Waals surface area contributed by atoms with E-state index < -0.39 is 0 Å². The molecule has 0 amide bonds. The summed E-state index contributed by atoms with van der Waals surface area (Å²) >= 11 is 1.74. The van der Waals surface area contributed by atoms with E-state index in [1.165, 1.54) is 15.8 Å². The number of aryl methyl sites for hydroxylation is 2. The lowest BCUT2D eigenvalue weighted by Gasteiger charge is -1.99. The molecule has 2 heterocycles. The van der Waals surface area contributed by atoms with Gasteiger partial charge in [-0.3, -0.25) is 4.57 Å². The molecule has 0 N–H and O–H groups in total. The van der Waals surface area contributed by atoms with E-state index in [1.807, 2.05) is 0 Å². The molecule has 0 atom stereocenters. The molecule has 3 heteroatoms. The van der Waals surface area contributed by atoms with Gasteiger partial charge >= 0.3 is 0 Å². The van der Waals surface area contributed by atoms with E-state index in [2.05, 4.69) is 59.9 Å². The van der Waals surface area contributed by atoms with Crippen molar-refractivity contribution in [2.75, 3.05) is 0 Å². The van der Waals surface area contributed by atoms with Gasteiger partial charge in [-0.15, -0.1) is 11.3 Å². The van der Waals surface area contributed by atoms with Gasteiger partial charge in [0.2, 0.25) is 0 Å². The number of thiazole rings is 1. The van der Waals surface area contributed by atoms with Gasteiger partial charge in [-0.2, -0.15) is 0 Å². The van der Waals surface area contributed by atoms with E-state index >= 15 is 0 Å². The van der Waals surface area contributed by atoms with Crippen LogP contribution in [0, 0.1) is 13.8 Å². The number of hydrogen-bond acceptors (Lipinski definition) is 2. The van der Waals surface area contributed by atoms with E-state index in [1.54, 1.807) is 11.3 Å². The standard InChI is InChI=1S/C13H12N2S/c1-9-10(2)16-13(14-9)15-8-7-11-5-3-4-6-12(11)15/h3-8H,1-2H3. The summed E-state index contributed by atoms with van der Waals surface area (Å²) in [5.74, 6) is 0. The molecule has 80 valence electrons. The molecule has 2 aromatic heterocycles. The zero-order valence-corrected chi connectivity index (χ0v) is 10.1. The van der Waals surface area contributed by atoms with Gasteiger partial charge in [-0.1, -0.05) is 18.2 Å². The second-order valence-electron chi connectivity index (χ2n) is 3.88. The maximum absolute atomic E-state index is 4.58. The topological polar surface area (TPSA) is 17.8 Å². The summed E-state index contributed by atoms with van der Waals surface area (Å²) in [7, 11) is 0. The van der Waals surface area contributed by atoms with Crippen molar-refractivity contribution in [1.82, 2.24) is 9.55 Å². The summed E-state index contributed by atoms with van der Waals surface area (Å²) in [6.45, 7) is 4.17. The highest BCUT2D eigenvalue weighted by Gasteiger charge is 2.07. The monoisotopic (exact) mass is 228 g/mol. The van der Waals surface area contributed by atoms with Crippen molar-refractivity contribution < 1.29 is 0 Å². The normalized spacial score (nSPS) is 11.1. The van der Waals surface area contributed by atoms with Gasteiger partial charge in [0.05, 0.1) is 11.2 Å². The lowest BCUT2D eigenvalue weighted by Crippen LogP contribution is -1.90. The Labute approximate surface area is 98.2 Å². The number of nitrogens with zero attached hydrogens (tertiary/aromatic N) is 2. The lowest BCUT2D eigenvalue weighted by molar-refractivity contribution is 1.06. The molecular formula is C13H12N2S. The Bertz CT molecular complexity index is 629. The summed E-state index contributed by atoms with van der Waals surface area (Å²) in [5.41, 5.74) is 2.34. The highest BCUT2D eigenvalue weighted by Crippen LogP contribution is 2.25. The van der Waals surface area contributed by atoms with E-state index in [9.17, 15) is 0 Å². The first-order valence-electron chi connectivity index (χ1n) is 5.26. The summed E-state index contributed by atoms with van der Waals surface area (Å²) in [6.07, 6.45) is 2.09. The van der Waals surface area contributed by atoms with Gasteiger partial charge in [0.15, 0.2) is 5.13 Å². The Hall–Kier alpha value is -1.61. The molecule has 0 radical (unpaired) electrons. The van der Waals surface area contributed by atoms with Gasteiger partial charge in [0.25, 0.3) is 0 Å². The number of aromatic nitrogens is 2. The van der Waals surface area contributed by atoms with Crippen molar-refractivity contribution in [3.63, 3.8) is 0 Å². The van der Waals surface area contributed by atoms with Crippen LogP contribution in [0.4, 0.5) is 0 Å². The molecule has 1 aromatic carbocycles. The van der Waals surface area contributed by atoms with Crippen molar-refractivity contribution in [3.05, 3.63) is 47.1 Å². The van der Waals surface area contributed by atoms with Crippen molar-refractivity contribution >= 4 is 22.2 Å². The molecule has 3 aromatic rings. The van der Waals surface area contributed by atoms with Crippen LogP contribution in [0.1, 0.15) is 10.6 Å². The molecule has 16 heavy (non-hydrogen) atoms. The first-order valence-corrected chi connectivity index (χ1v) is 6.08. The molecule has 0 saturated heterocycles. The molecular weight excluding hydrogens is 216 g/mol. The van der Waals surface area contributed by atoms with Crippen LogP contribution in [0.25, 0.3) is 16.0 Å². The second-order valence-corrected chi connectivity index (χ2v) is 5.06. The van der Waals surface area contributed by atoms with Gasteiger partial charge in [-0.25, -0.2) is 4.98 Å². The Morgan fingerprint density at radius 2 is 1.94 bits per heavy atom. The third-order valence-corrected chi connectivity index (χ3v) is 3.89. The van der Waals surface area contributed by atoms with E-state index in [4.69, 9.17) is 0 Å². The first-order chi connectivity index (χ1) is 7.75. The lowest BCUT2D eigenvalue weighted by atomic mass is 10.2. The predicted octanol–water partition coefficient (Wildman–Crippen LogP) is 3.70. The van der Waals surface area contributed by atoms with Crippen LogP contribution in [0.15, 0.2) is 36.5 Å². The van der Waals surface area contributed by atoms with Crippen molar-refractivity contribution in [1.29, 1.82) is 0 Å². The molecule has 0 aliphatic carbocycles. The van der Waals surface area contributed by atoms with Crippen LogP contribution in [-0.2, 0) is 0 Å². The fourth-order valence-corrected chi connectivity index (χ4v) is 2.72. The number of para-hydroxylation sites is 1. The number of hydrogen-bond donors (Lipinski definition) is 0. The van der Waals surface area contributed by atoms with E-state index in [0.29, 0.717) is 0 Å². The summed E-state index contributed by atoms with van der Waals surface area (Å²) in [5, 5.41) is 2.31. The molecule has 0 aliphatic rings. The molecule has 0 spiro atoms. The van der Waals surface area contributed by atoms with Crippen LogP contribution in [-0.4, -0.2) is 9.55 Å². The van der Waals surface area contributed by atoms with Gasteiger partial charge in [0, 0.05) is 16.5 Å². The van der Waals surface area contributed by atoms with Crippen LogP contribution in [0.3, 0.4) is 0 Å². The molecule has 0 bridgehead atoms. The minimum absolute atomic E-state index is 1.05. The average Bonchev–Trinajstić information content (AvgIpc) is 2.83. The summed E-state index contributed by atoms with van der Waals surface area (Å²) in [4.78, 5) is 5.87. The zero-order valence-electron chi connectivity index (χ0n) is 9.27. The Morgan fingerprint density at radius 1 is 1.12 bits per heavy atom. The van der Waals surface area contributed by atoms with Crippen LogP contribution >= 0.6 is 11.3 Å². The predicted molar refractivity (Wildman–Crippen MR) is 68.4 cm³/mol. The minimum atomic E-state index is 1.05. The fourth-order valence-electron chi connectivity index (χ4n) is 1.81. The highest BCUT2D eigenvalue weighted by atomic mass is 32.1. The first kappa shape index (κ1) is 9.60. The van der Waals surface area contributed by atoms with E-state index in [0.717, 1.165) is 10.8 Å². The highest BCUT2D eigenvalue weighted by molar-refractivity contribution is 7.14. The van der Waals surface area contributed by atoms with Crippen molar-refractivity contribution in [3.8, 4) is 5.13 Å². The minimum Gasteiger partial charge on any atom is -0.293 e. The zero-order chi connectivity index (χ0) is 11.1. The van der Waals surface area contributed by atoms with Gasteiger partial charge in [-0.05, 0) is 26.0 Å². The van der Waals surface area contributed by atoms with Gasteiger partial charge < -0.3 is 0 Å². The maximum Gasteiger partial charge on any atom is 0.194 e. The number of rotatable bonds is 1. The SMILES string of the molecule is Cc1nc(-n2ccc3ccccc32)sc1C. The van der Waals surface area contributed by atoms with Crippen molar-refractivity contribution in [2.45, 2.75) is 13.8 Å². The number of fused-ring (bicyclic) bond motifs is 1. The quantitative estimate of drug-likeness (QED) is 0.621. The Morgan fingerprint density at radius 3 is 2.69 bits per heavy atom. The van der Waals surface area contributed by atoms with Crippen LogP contribution in [0.5, 0.6) is 0 Å². The van der Waals surface area contributed by atoms with Crippen molar-refractivity contribution in [2.24, 2.45) is 0 Å². The Kier molecular flexibility index (Phi) is 2.07. The molecule has 0 saturated carbocycles. The molecule has 0 aliphatic heterocycles. The third-order valence-electron chi connectivity index (χ3n) is 2.82. The molecule has 0 fully saturated rings. The average molecular weight is 228 g/mol.